The van der Waals surface area contributed by atoms with Crippen LogP contribution in [0.3, 0.4) is 0 Å². The van der Waals surface area contributed by atoms with Crippen LogP contribution in [0.5, 0.6) is 0 Å². The molecule has 0 spiro atoms. The van der Waals surface area contributed by atoms with Crippen LogP contribution in [0.25, 0.3) is 6.08 Å². The van der Waals surface area contributed by atoms with E-state index in [0.29, 0.717) is 31.6 Å². The van der Waals surface area contributed by atoms with E-state index in [0.717, 1.165) is 16.7 Å². The van der Waals surface area contributed by atoms with Crippen molar-refractivity contribution in [3.8, 4) is 0 Å². The number of nitrogens with zero attached hydrogens (tertiary/aromatic N) is 1. The van der Waals surface area contributed by atoms with Crippen LogP contribution in [0.4, 0.5) is 0 Å². The normalized spacial score (nSPS) is 35.1. The van der Waals surface area contributed by atoms with Crippen LogP contribution in [-0.4, -0.2) is 72.2 Å². The second-order valence-electron chi connectivity index (χ2n) is 15.6. The molecule has 3 saturated carbocycles. The molecule has 0 bridgehead atoms. The van der Waals surface area contributed by atoms with Gasteiger partial charge in [0.05, 0.1) is 6.10 Å². The van der Waals surface area contributed by atoms with E-state index in [1.54, 1.807) is 33.0 Å². The van der Waals surface area contributed by atoms with Gasteiger partial charge in [-0.25, -0.2) is 0 Å². The molecule has 9 atom stereocenters. The summed E-state index contributed by atoms with van der Waals surface area (Å²) in [4.78, 5) is 44.9. The van der Waals surface area contributed by atoms with Gasteiger partial charge in [-0.05, 0) is 73.5 Å². The molecule has 0 unspecified atom stereocenters. The predicted octanol–water partition coefficient (Wildman–Crippen LogP) is 7.58. The van der Waals surface area contributed by atoms with Gasteiger partial charge in [-0.15, -0.1) is 11.6 Å². The number of halogens is 1. The van der Waals surface area contributed by atoms with Crippen molar-refractivity contribution in [1.82, 2.24) is 0 Å². The first-order valence-corrected chi connectivity index (χ1v) is 21.3. The zero-order valence-electron chi connectivity index (χ0n) is 30.9. The number of benzene rings is 1. The molecule has 11 heteroatoms. The molecule has 0 aromatic heterocycles. The lowest BCUT2D eigenvalue weighted by molar-refractivity contribution is -0.205. The summed E-state index contributed by atoms with van der Waals surface area (Å²) in [6, 6.07) is 8.03. The van der Waals surface area contributed by atoms with E-state index in [4.69, 9.17) is 25.9 Å². The summed E-state index contributed by atoms with van der Waals surface area (Å²) in [5.41, 5.74) is 0.806. The Morgan fingerprint density at radius 1 is 1.14 bits per heavy atom. The molecular formula is C40H53ClNO8P. The van der Waals surface area contributed by atoms with E-state index >= 15 is 0 Å². The molecule has 4 aliphatic carbocycles. The van der Waals surface area contributed by atoms with Gasteiger partial charge in [-0.1, -0.05) is 81.8 Å². The number of ether oxygens (including phenoxy) is 2. The van der Waals surface area contributed by atoms with Crippen LogP contribution in [-0.2, 0) is 39.7 Å². The minimum absolute atomic E-state index is 0.0858. The Balaban J connectivity index is 1.35. The van der Waals surface area contributed by atoms with Gasteiger partial charge in [0.15, 0.2) is 12.2 Å². The van der Waals surface area contributed by atoms with Crippen LogP contribution >= 0.6 is 18.7 Å². The molecule has 4 aliphatic rings. The number of hydrogen-bond acceptors (Lipinski definition) is 9. The minimum atomic E-state index is -2.25. The Morgan fingerprint density at radius 2 is 1.86 bits per heavy atom. The lowest BCUT2D eigenvalue weighted by Crippen LogP contribution is -2.65. The summed E-state index contributed by atoms with van der Waals surface area (Å²) >= 11 is 7.31. The maximum atomic E-state index is 14.1. The lowest BCUT2D eigenvalue weighted by atomic mass is 9.46. The van der Waals surface area contributed by atoms with Gasteiger partial charge < -0.3 is 24.0 Å². The number of hydrogen-bond donors (Lipinski definition) is 1. The van der Waals surface area contributed by atoms with E-state index in [1.165, 1.54) is 0 Å². The van der Waals surface area contributed by atoms with Gasteiger partial charge in [0.2, 0.25) is 5.78 Å². The van der Waals surface area contributed by atoms with Crippen molar-refractivity contribution in [3.63, 3.8) is 0 Å². The second kappa shape index (κ2) is 15.2. The summed E-state index contributed by atoms with van der Waals surface area (Å²) in [6.07, 6.45) is 9.32. The standard InChI is InChI=1S/C40H53ClNO8P/c1-8-34(45)48-24-33(44)40(50-35(46)9-2)25(3)19-30-36-31(41)22-28-21-29(13-16-38(28,4)37(36)32(43)23-39(30,40)5)42-49-17-14-26-11-10-12-27(20-26)15-18-51(6,7)47/h10-13,15-16,18,20-21,25,30-32,36-37,43H,8-9,14,17,19,22-24H2,1-7H3/b18-15+,42-29-/t25-,30+,31-,32+,36-,37+,38+,39+,40+/m1/s1. The maximum Gasteiger partial charge on any atom is 0.306 e. The van der Waals surface area contributed by atoms with Gasteiger partial charge in [0, 0.05) is 47.3 Å². The van der Waals surface area contributed by atoms with Gasteiger partial charge >= 0.3 is 11.9 Å². The smallest absolute Gasteiger partial charge is 0.306 e. The Hall–Kier alpha value is -3.00. The fourth-order valence-corrected chi connectivity index (χ4v) is 10.5. The predicted molar refractivity (Wildman–Crippen MR) is 200 cm³/mol. The van der Waals surface area contributed by atoms with E-state index < -0.39 is 54.0 Å². The first kappa shape index (κ1) is 39.2. The van der Waals surface area contributed by atoms with Crippen molar-refractivity contribution in [2.45, 2.75) is 90.2 Å². The molecule has 0 heterocycles. The zero-order valence-corrected chi connectivity index (χ0v) is 32.5. The molecular weight excluding hydrogens is 689 g/mol. The molecule has 3 fully saturated rings. The fraction of sp³-hybridized carbons (Fsp3) is 0.600. The summed E-state index contributed by atoms with van der Waals surface area (Å²) in [5, 5.41) is 16.2. The molecule has 0 saturated heterocycles. The third kappa shape index (κ3) is 7.59. The largest absolute Gasteiger partial charge is 0.457 e. The van der Waals surface area contributed by atoms with Crippen LogP contribution in [0, 0.1) is 34.5 Å². The van der Waals surface area contributed by atoms with E-state index in [2.05, 4.69) is 24.2 Å². The van der Waals surface area contributed by atoms with Crippen molar-refractivity contribution >= 4 is 48.3 Å². The van der Waals surface area contributed by atoms with Crippen LogP contribution in [0.1, 0.15) is 77.8 Å². The van der Waals surface area contributed by atoms with Gasteiger partial charge in [0.1, 0.15) is 19.5 Å². The average molecular weight is 742 g/mol. The number of aliphatic hydroxyl groups is 1. The van der Waals surface area contributed by atoms with Crippen LogP contribution in [0.15, 0.2) is 59.0 Å². The highest BCUT2D eigenvalue weighted by molar-refractivity contribution is 7.65. The Bertz CT molecular complexity index is 1700. The number of rotatable bonds is 12. The van der Waals surface area contributed by atoms with E-state index in [9.17, 15) is 24.1 Å². The summed E-state index contributed by atoms with van der Waals surface area (Å²) < 4.78 is 23.5. The number of alkyl halides is 1. The Kier molecular flexibility index (Phi) is 11.7. The number of allylic oxidation sites excluding steroid dienone is 4. The fourth-order valence-electron chi connectivity index (χ4n) is 9.51. The highest BCUT2D eigenvalue weighted by atomic mass is 35.5. The van der Waals surface area contributed by atoms with Gasteiger partial charge in [-0.3, -0.25) is 14.4 Å². The second-order valence-corrected chi connectivity index (χ2v) is 19.4. The minimum Gasteiger partial charge on any atom is -0.457 e. The molecule has 9 nitrogen and oxygen atoms in total. The van der Waals surface area contributed by atoms with Crippen molar-refractivity contribution in [2.75, 3.05) is 26.5 Å². The Labute approximate surface area is 307 Å². The zero-order chi connectivity index (χ0) is 37.4. The SMILES string of the molecule is CCC(=O)OCC(=O)[C@@]1(OC(=O)CC)[C@H](C)C[C@H]2[C@H]3[C@H]([C@@H](O)C[C@@]21C)[C@@]1(C)C=C/C(=N/OCCc2cccc(/C=C/P(C)(C)=O)c2)C=C1C[C@H]3Cl. The quantitative estimate of drug-likeness (QED) is 0.0764. The van der Waals surface area contributed by atoms with Crippen molar-refractivity contribution < 1.29 is 38.4 Å². The average Bonchev–Trinajstić information content (AvgIpc) is 3.30. The van der Waals surface area contributed by atoms with Crippen molar-refractivity contribution in [1.29, 1.82) is 0 Å². The third-order valence-electron chi connectivity index (χ3n) is 11.9. The molecule has 278 valence electrons. The number of carbonyl (C=O) groups is 3. The molecule has 0 radical (unpaired) electrons. The monoisotopic (exact) mass is 741 g/mol. The Morgan fingerprint density at radius 3 is 2.55 bits per heavy atom. The number of esters is 2. The van der Waals surface area contributed by atoms with Crippen LogP contribution in [0.2, 0.25) is 0 Å². The molecule has 1 N–H and O–H groups in total. The van der Waals surface area contributed by atoms with Gasteiger partial charge in [-0.2, -0.15) is 0 Å². The lowest BCUT2D eigenvalue weighted by Gasteiger charge is -2.61. The van der Waals surface area contributed by atoms with Crippen molar-refractivity contribution in [2.24, 2.45) is 39.7 Å². The van der Waals surface area contributed by atoms with E-state index in [-0.39, 0.29) is 48.3 Å². The number of carbonyl (C=O) groups excluding carboxylic acids is 3. The molecule has 51 heavy (non-hydrogen) atoms. The van der Waals surface area contributed by atoms with E-state index in [1.807, 2.05) is 50.3 Å². The summed E-state index contributed by atoms with van der Waals surface area (Å²) in [5.74, 6) is -0.628. The number of Topliss-reactive ketones (excluding diaryl/α,β-unsaturated/α-hetero) is 1. The first-order valence-electron chi connectivity index (χ1n) is 18.1. The highest BCUT2D eigenvalue weighted by Gasteiger charge is 2.73. The topological polar surface area (TPSA) is 129 Å². The van der Waals surface area contributed by atoms with Gasteiger partial charge in [0.25, 0.3) is 0 Å². The highest BCUT2D eigenvalue weighted by Crippen LogP contribution is 2.69. The molecule has 0 aliphatic heterocycles. The number of oxime groups is 1. The number of fused-ring (bicyclic) bond motifs is 5. The van der Waals surface area contributed by atoms with Crippen molar-refractivity contribution in [3.05, 3.63) is 65.0 Å². The maximum absolute atomic E-state index is 14.1. The summed E-state index contributed by atoms with van der Waals surface area (Å²) in [6.45, 7) is 12.7. The number of aliphatic hydroxyl groups excluding tert-OH is 1. The van der Waals surface area contributed by atoms with Crippen LogP contribution < -0.4 is 0 Å². The molecule has 1 aromatic rings. The first-order chi connectivity index (χ1) is 24.0. The molecule has 1 aromatic carbocycles. The third-order valence-corrected chi connectivity index (χ3v) is 13.2. The summed E-state index contributed by atoms with van der Waals surface area (Å²) in [7, 11) is -2.25. The molecule has 5 rings (SSSR count). The molecule has 0 amide bonds. The number of ketones is 1.